The third-order valence-corrected chi connectivity index (χ3v) is 7.92. The van der Waals surface area contributed by atoms with Gasteiger partial charge in [-0.05, 0) is 79.6 Å². The summed E-state index contributed by atoms with van der Waals surface area (Å²) in [6, 6.07) is 49.4. The Labute approximate surface area is 230 Å². The van der Waals surface area contributed by atoms with E-state index in [0.717, 1.165) is 27.2 Å². The molecule has 0 unspecified atom stereocenters. The third-order valence-electron chi connectivity index (χ3n) is 7.48. The molecule has 0 atom stereocenters. The van der Waals surface area contributed by atoms with Gasteiger partial charge in [0, 0.05) is 5.56 Å². The number of pyridine rings is 2. The molecule has 0 bridgehead atoms. The lowest BCUT2D eigenvalue weighted by Gasteiger charge is -2.34. The molecule has 0 radical (unpaired) electrons. The standard InChI is InChI=1S/C35H23BrN2/c36-34-20-10-19-33(38-34)32-18-9-17-31(37-32)24-21-22-28-27-15-7-8-16-29(27)35(30(28)23-24,25-11-3-1-4-12-25)26-13-5-2-6-14-26/h1-23H. The minimum absolute atomic E-state index is 0.423. The molecule has 0 amide bonds. The van der Waals surface area contributed by atoms with Crippen molar-refractivity contribution in [3.63, 3.8) is 0 Å². The highest BCUT2D eigenvalue weighted by Crippen LogP contribution is 2.56. The number of hydrogen-bond acceptors (Lipinski definition) is 2. The highest BCUT2D eigenvalue weighted by Gasteiger charge is 2.46. The van der Waals surface area contributed by atoms with Gasteiger partial charge in [0.15, 0.2) is 0 Å². The van der Waals surface area contributed by atoms with Crippen LogP contribution in [0.2, 0.25) is 0 Å². The number of hydrogen-bond donors (Lipinski definition) is 0. The van der Waals surface area contributed by atoms with E-state index in [1.54, 1.807) is 0 Å². The Morgan fingerprint density at radius 1 is 0.447 bits per heavy atom. The lowest BCUT2D eigenvalue weighted by molar-refractivity contribution is 0.768. The van der Waals surface area contributed by atoms with Gasteiger partial charge in [0.2, 0.25) is 0 Å². The van der Waals surface area contributed by atoms with E-state index in [4.69, 9.17) is 4.98 Å². The average molecular weight is 551 g/mol. The molecule has 0 saturated heterocycles. The highest BCUT2D eigenvalue weighted by molar-refractivity contribution is 9.10. The van der Waals surface area contributed by atoms with E-state index in [2.05, 4.69) is 136 Å². The van der Waals surface area contributed by atoms with Gasteiger partial charge in [0.05, 0.1) is 22.5 Å². The molecule has 38 heavy (non-hydrogen) atoms. The van der Waals surface area contributed by atoms with Gasteiger partial charge in [-0.1, -0.05) is 109 Å². The van der Waals surface area contributed by atoms with Crippen LogP contribution in [0.4, 0.5) is 0 Å². The second-order valence-electron chi connectivity index (χ2n) is 9.54. The van der Waals surface area contributed by atoms with Crippen molar-refractivity contribution in [2.75, 3.05) is 0 Å². The van der Waals surface area contributed by atoms with Gasteiger partial charge in [-0.2, -0.15) is 0 Å². The van der Waals surface area contributed by atoms with E-state index in [9.17, 15) is 0 Å². The van der Waals surface area contributed by atoms with Crippen molar-refractivity contribution in [3.05, 3.63) is 166 Å². The Kier molecular flexibility index (Phi) is 5.52. The van der Waals surface area contributed by atoms with Crippen molar-refractivity contribution in [1.29, 1.82) is 0 Å². The van der Waals surface area contributed by atoms with Crippen LogP contribution < -0.4 is 0 Å². The highest BCUT2D eigenvalue weighted by atomic mass is 79.9. The van der Waals surface area contributed by atoms with Crippen LogP contribution in [0.1, 0.15) is 22.3 Å². The Morgan fingerprint density at radius 3 is 1.74 bits per heavy atom. The molecule has 0 aliphatic heterocycles. The van der Waals surface area contributed by atoms with Gasteiger partial charge in [-0.15, -0.1) is 0 Å². The van der Waals surface area contributed by atoms with Crippen molar-refractivity contribution in [2.45, 2.75) is 5.41 Å². The SMILES string of the molecule is Brc1cccc(-c2cccc(-c3ccc4c(c3)C(c3ccccc3)(c3ccccc3)c3ccccc3-4)n2)n1. The maximum Gasteiger partial charge on any atom is 0.106 e. The van der Waals surface area contributed by atoms with E-state index >= 15 is 0 Å². The number of aromatic nitrogens is 2. The summed E-state index contributed by atoms with van der Waals surface area (Å²) in [5.41, 5.74) is 10.9. The number of benzene rings is 4. The number of halogens is 1. The summed E-state index contributed by atoms with van der Waals surface area (Å²) in [7, 11) is 0. The van der Waals surface area contributed by atoms with Gasteiger partial charge in [0.25, 0.3) is 0 Å². The molecule has 180 valence electrons. The van der Waals surface area contributed by atoms with Crippen LogP contribution in [0.15, 0.2) is 144 Å². The first kappa shape index (κ1) is 22.8. The van der Waals surface area contributed by atoms with Gasteiger partial charge in [0.1, 0.15) is 4.60 Å². The smallest absolute Gasteiger partial charge is 0.106 e. The molecule has 3 heteroatoms. The van der Waals surface area contributed by atoms with Gasteiger partial charge in [-0.25, -0.2) is 9.97 Å². The molecule has 2 heterocycles. The van der Waals surface area contributed by atoms with Crippen LogP contribution in [0.5, 0.6) is 0 Å². The van der Waals surface area contributed by atoms with Crippen LogP contribution >= 0.6 is 15.9 Å². The van der Waals surface area contributed by atoms with E-state index in [1.165, 1.54) is 33.4 Å². The molecule has 6 aromatic rings. The second kappa shape index (κ2) is 9.20. The quantitative estimate of drug-likeness (QED) is 0.204. The first-order chi connectivity index (χ1) is 18.7. The molecular weight excluding hydrogens is 528 g/mol. The molecule has 1 aliphatic carbocycles. The minimum atomic E-state index is -0.423. The van der Waals surface area contributed by atoms with Crippen LogP contribution in [0.25, 0.3) is 33.8 Å². The van der Waals surface area contributed by atoms with Crippen molar-refractivity contribution >= 4 is 15.9 Å². The van der Waals surface area contributed by atoms with Crippen molar-refractivity contribution in [1.82, 2.24) is 9.97 Å². The van der Waals surface area contributed by atoms with Crippen LogP contribution in [0, 0.1) is 0 Å². The summed E-state index contributed by atoms with van der Waals surface area (Å²) in [5.74, 6) is 0. The van der Waals surface area contributed by atoms with Crippen molar-refractivity contribution < 1.29 is 0 Å². The maximum atomic E-state index is 5.04. The Balaban J connectivity index is 1.49. The fourth-order valence-corrected chi connectivity index (χ4v) is 6.24. The van der Waals surface area contributed by atoms with Gasteiger partial charge < -0.3 is 0 Å². The maximum absolute atomic E-state index is 5.04. The summed E-state index contributed by atoms with van der Waals surface area (Å²) < 4.78 is 0.799. The van der Waals surface area contributed by atoms with Gasteiger partial charge in [-0.3, -0.25) is 0 Å². The predicted octanol–water partition coefficient (Wildman–Crippen LogP) is 8.94. The molecule has 0 saturated carbocycles. The molecule has 0 spiro atoms. The summed E-state index contributed by atoms with van der Waals surface area (Å²) in [6.07, 6.45) is 0. The number of fused-ring (bicyclic) bond motifs is 3. The molecule has 1 aliphatic rings. The fourth-order valence-electron chi connectivity index (χ4n) is 5.89. The minimum Gasteiger partial charge on any atom is -0.246 e. The van der Waals surface area contributed by atoms with E-state index in [-0.39, 0.29) is 0 Å². The van der Waals surface area contributed by atoms with E-state index < -0.39 is 5.41 Å². The number of rotatable bonds is 4. The molecule has 0 fully saturated rings. The van der Waals surface area contributed by atoms with E-state index in [1.807, 2.05) is 24.3 Å². The largest absolute Gasteiger partial charge is 0.246 e. The van der Waals surface area contributed by atoms with Crippen molar-refractivity contribution in [2.24, 2.45) is 0 Å². The predicted molar refractivity (Wildman–Crippen MR) is 158 cm³/mol. The first-order valence-electron chi connectivity index (χ1n) is 12.7. The molecule has 2 nitrogen and oxygen atoms in total. The average Bonchev–Trinajstić information content (AvgIpc) is 3.29. The van der Waals surface area contributed by atoms with E-state index in [0.29, 0.717) is 0 Å². The zero-order chi connectivity index (χ0) is 25.5. The Bertz CT molecular complexity index is 1740. The molecule has 4 aromatic carbocycles. The van der Waals surface area contributed by atoms with Gasteiger partial charge >= 0.3 is 0 Å². The second-order valence-corrected chi connectivity index (χ2v) is 10.4. The summed E-state index contributed by atoms with van der Waals surface area (Å²) in [6.45, 7) is 0. The van der Waals surface area contributed by atoms with Crippen LogP contribution in [-0.2, 0) is 5.41 Å². The van der Waals surface area contributed by atoms with Crippen LogP contribution in [0.3, 0.4) is 0 Å². The molecule has 0 N–H and O–H groups in total. The zero-order valence-electron chi connectivity index (χ0n) is 20.6. The zero-order valence-corrected chi connectivity index (χ0v) is 22.1. The fraction of sp³-hybridized carbons (Fsp3) is 0.0286. The first-order valence-corrected chi connectivity index (χ1v) is 13.5. The Morgan fingerprint density at radius 2 is 1.03 bits per heavy atom. The summed E-state index contributed by atoms with van der Waals surface area (Å²) in [5, 5.41) is 0. The lowest BCUT2D eigenvalue weighted by atomic mass is 9.67. The summed E-state index contributed by atoms with van der Waals surface area (Å²) >= 11 is 3.49. The summed E-state index contributed by atoms with van der Waals surface area (Å²) in [4.78, 5) is 9.66. The van der Waals surface area contributed by atoms with Crippen LogP contribution in [-0.4, -0.2) is 9.97 Å². The monoisotopic (exact) mass is 550 g/mol. The number of nitrogens with zero attached hydrogens (tertiary/aromatic N) is 2. The molecule has 7 rings (SSSR count). The lowest BCUT2D eigenvalue weighted by Crippen LogP contribution is -2.28. The van der Waals surface area contributed by atoms with Crippen molar-refractivity contribution in [3.8, 4) is 33.8 Å². The molecular formula is C35H23BrN2. The topological polar surface area (TPSA) is 25.8 Å². The normalized spacial score (nSPS) is 13.1. The Hall–Kier alpha value is -4.34. The molecule has 2 aromatic heterocycles. The third kappa shape index (κ3) is 3.54.